The Bertz CT molecular complexity index is 474. The highest BCUT2D eigenvalue weighted by atomic mass is 19.1. The van der Waals surface area contributed by atoms with Crippen LogP contribution >= 0.6 is 0 Å². The van der Waals surface area contributed by atoms with Crippen molar-refractivity contribution in [3.05, 3.63) is 23.0 Å². The lowest BCUT2D eigenvalue weighted by Crippen LogP contribution is -2.18. The minimum Gasteiger partial charge on any atom is -0.466 e. The van der Waals surface area contributed by atoms with Crippen molar-refractivity contribution < 1.29 is 13.9 Å². The number of benzene rings is 1. The van der Waals surface area contributed by atoms with Crippen LogP contribution in [0.15, 0.2) is 6.07 Å². The van der Waals surface area contributed by atoms with E-state index in [0.717, 1.165) is 0 Å². The monoisotopic (exact) mass is 238 g/mol. The van der Waals surface area contributed by atoms with Gasteiger partial charge < -0.3 is 16.2 Å². The highest BCUT2D eigenvalue weighted by Crippen LogP contribution is 2.36. The van der Waals surface area contributed by atoms with Gasteiger partial charge >= 0.3 is 5.97 Å². The van der Waals surface area contributed by atoms with E-state index in [1.165, 1.54) is 6.07 Å². The first-order valence-electron chi connectivity index (χ1n) is 5.56. The lowest BCUT2D eigenvalue weighted by Gasteiger charge is -2.08. The van der Waals surface area contributed by atoms with Crippen LogP contribution in [-0.4, -0.2) is 12.6 Å². The van der Waals surface area contributed by atoms with Crippen LogP contribution < -0.4 is 11.5 Å². The minimum absolute atomic E-state index is 0.228. The Morgan fingerprint density at radius 2 is 2.12 bits per heavy atom. The molecule has 0 saturated heterocycles. The van der Waals surface area contributed by atoms with Crippen molar-refractivity contribution in [3.8, 4) is 0 Å². The second-order valence-corrected chi connectivity index (χ2v) is 4.18. The van der Waals surface area contributed by atoms with E-state index in [0.29, 0.717) is 36.3 Å². The van der Waals surface area contributed by atoms with Gasteiger partial charge in [-0.25, -0.2) is 4.39 Å². The predicted molar refractivity (Wildman–Crippen MR) is 62.8 cm³/mol. The van der Waals surface area contributed by atoms with Gasteiger partial charge in [0.25, 0.3) is 0 Å². The third-order valence-corrected chi connectivity index (χ3v) is 3.09. The van der Waals surface area contributed by atoms with Crippen molar-refractivity contribution in [1.82, 2.24) is 0 Å². The van der Waals surface area contributed by atoms with Crippen LogP contribution in [0.2, 0.25) is 0 Å². The van der Waals surface area contributed by atoms with E-state index >= 15 is 0 Å². The largest absolute Gasteiger partial charge is 0.466 e. The van der Waals surface area contributed by atoms with Crippen molar-refractivity contribution in [2.24, 2.45) is 5.92 Å². The van der Waals surface area contributed by atoms with Gasteiger partial charge in [0.05, 0.1) is 23.9 Å². The molecule has 1 aromatic rings. The van der Waals surface area contributed by atoms with E-state index in [9.17, 15) is 9.18 Å². The first-order valence-corrected chi connectivity index (χ1v) is 5.56. The van der Waals surface area contributed by atoms with Gasteiger partial charge in [-0.1, -0.05) is 0 Å². The van der Waals surface area contributed by atoms with Gasteiger partial charge in [0, 0.05) is 0 Å². The molecule has 17 heavy (non-hydrogen) atoms. The molecule has 1 aliphatic carbocycles. The number of carbonyl (C=O) groups excluding carboxylic acids is 1. The summed E-state index contributed by atoms with van der Waals surface area (Å²) in [5.41, 5.74) is 13.1. The lowest BCUT2D eigenvalue weighted by atomic mass is 10.1. The smallest absolute Gasteiger partial charge is 0.309 e. The molecule has 1 unspecified atom stereocenters. The highest BCUT2D eigenvalue weighted by Gasteiger charge is 2.32. The molecule has 1 aliphatic rings. The number of carbonyl (C=O) groups is 1. The first kappa shape index (κ1) is 11.7. The standard InChI is InChI=1S/C12H15FN2O2/c1-2-17-12(16)6-3-7-8(4-6)11(15)10(14)5-9(7)13/h5-6H,2-4,14-15H2,1H3. The number of nitrogens with two attached hydrogens (primary N) is 2. The maximum absolute atomic E-state index is 13.7. The molecule has 4 nitrogen and oxygen atoms in total. The molecule has 4 N–H and O–H groups in total. The molecule has 0 radical (unpaired) electrons. The SMILES string of the molecule is CCOC(=O)C1Cc2c(F)cc(N)c(N)c2C1. The Kier molecular flexibility index (Phi) is 2.92. The zero-order valence-electron chi connectivity index (χ0n) is 9.63. The number of esters is 1. The summed E-state index contributed by atoms with van der Waals surface area (Å²) in [6.07, 6.45) is 0.742. The Hall–Kier alpha value is -1.78. The maximum atomic E-state index is 13.7. The zero-order valence-corrected chi connectivity index (χ0v) is 9.63. The quantitative estimate of drug-likeness (QED) is 0.600. The number of hydrogen-bond donors (Lipinski definition) is 2. The Morgan fingerprint density at radius 3 is 2.76 bits per heavy atom. The fourth-order valence-electron chi connectivity index (χ4n) is 2.23. The van der Waals surface area contributed by atoms with Gasteiger partial charge in [-0.3, -0.25) is 4.79 Å². The average Bonchev–Trinajstić information content (AvgIpc) is 2.72. The van der Waals surface area contributed by atoms with E-state index in [-0.39, 0.29) is 17.6 Å². The number of rotatable bonds is 2. The number of nitrogen functional groups attached to an aromatic ring is 2. The van der Waals surface area contributed by atoms with E-state index in [1.807, 2.05) is 0 Å². The summed E-state index contributed by atoms with van der Waals surface area (Å²) in [6.45, 7) is 2.07. The Morgan fingerprint density at radius 1 is 1.47 bits per heavy atom. The fourth-order valence-corrected chi connectivity index (χ4v) is 2.23. The molecule has 0 spiro atoms. The molecule has 92 valence electrons. The number of halogens is 1. The molecule has 0 aromatic heterocycles. The lowest BCUT2D eigenvalue weighted by molar-refractivity contribution is -0.147. The van der Waals surface area contributed by atoms with E-state index < -0.39 is 5.82 Å². The molecular formula is C12H15FN2O2. The van der Waals surface area contributed by atoms with Gasteiger partial charge in [-0.2, -0.15) is 0 Å². The highest BCUT2D eigenvalue weighted by molar-refractivity contribution is 5.78. The summed E-state index contributed by atoms with van der Waals surface area (Å²) >= 11 is 0. The Labute approximate surface area is 98.7 Å². The van der Waals surface area contributed by atoms with Crippen molar-refractivity contribution in [2.45, 2.75) is 19.8 Å². The Balaban J connectivity index is 2.30. The van der Waals surface area contributed by atoms with Crippen molar-refractivity contribution in [1.29, 1.82) is 0 Å². The molecule has 0 fully saturated rings. The van der Waals surface area contributed by atoms with Crippen LogP contribution in [0, 0.1) is 11.7 Å². The topological polar surface area (TPSA) is 78.3 Å². The predicted octanol–water partition coefficient (Wildman–Crippen LogP) is 1.27. The summed E-state index contributed by atoms with van der Waals surface area (Å²) in [6, 6.07) is 1.21. The van der Waals surface area contributed by atoms with E-state index in [2.05, 4.69) is 0 Å². The molecule has 2 rings (SSSR count). The van der Waals surface area contributed by atoms with Crippen LogP contribution in [0.5, 0.6) is 0 Å². The van der Waals surface area contributed by atoms with E-state index in [4.69, 9.17) is 16.2 Å². The summed E-state index contributed by atoms with van der Waals surface area (Å²) in [5, 5.41) is 0. The molecule has 0 bridgehead atoms. The zero-order chi connectivity index (χ0) is 12.6. The fraction of sp³-hybridized carbons (Fsp3) is 0.417. The summed E-state index contributed by atoms with van der Waals surface area (Å²) < 4.78 is 18.6. The number of ether oxygens (including phenoxy) is 1. The normalized spacial score (nSPS) is 17.9. The van der Waals surface area contributed by atoms with Crippen LogP contribution in [0.4, 0.5) is 15.8 Å². The average molecular weight is 238 g/mol. The van der Waals surface area contributed by atoms with Gasteiger partial charge in [-0.05, 0) is 37.0 Å². The third-order valence-electron chi connectivity index (χ3n) is 3.09. The summed E-state index contributed by atoms with van der Waals surface area (Å²) in [5.74, 6) is -1.04. The molecule has 0 amide bonds. The van der Waals surface area contributed by atoms with E-state index in [1.54, 1.807) is 6.92 Å². The number of fused-ring (bicyclic) bond motifs is 1. The molecular weight excluding hydrogens is 223 g/mol. The van der Waals surface area contributed by atoms with Crippen LogP contribution in [-0.2, 0) is 22.4 Å². The summed E-state index contributed by atoms with van der Waals surface area (Å²) in [4.78, 5) is 11.6. The summed E-state index contributed by atoms with van der Waals surface area (Å²) in [7, 11) is 0. The number of anilines is 2. The van der Waals surface area contributed by atoms with Gasteiger partial charge in [0.15, 0.2) is 0 Å². The van der Waals surface area contributed by atoms with Gasteiger partial charge in [-0.15, -0.1) is 0 Å². The van der Waals surface area contributed by atoms with Gasteiger partial charge in [0.2, 0.25) is 0 Å². The first-order chi connectivity index (χ1) is 8.04. The second kappa shape index (κ2) is 4.24. The van der Waals surface area contributed by atoms with Crippen LogP contribution in [0.25, 0.3) is 0 Å². The van der Waals surface area contributed by atoms with Crippen molar-refractivity contribution >= 4 is 17.3 Å². The number of hydrogen-bond acceptors (Lipinski definition) is 4. The maximum Gasteiger partial charge on any atom is 0.309 e. The van der Waals surface area contributed by atoms with Crippen LogP contribution in [0.1, 0.15) is 18.1 Å². The molecule has 1 aromatic carbocycles. The van der Waals surface area contributed by atoms with Crippen molar-refractivity contribution in [2.75, 3.05) is 18.1 Å². The molecule has 0 heterocycles. The third kappa shape index (κ3) is 1.92. The second-order valence-electron chi connectivity index (χ2n) is 4.18. The van der Waals surface area contributed by atoms with Crippen LogP contribution in [0.3, 0.4) is 0 Å². The minimum atomic E-state index is -0.390. The molecule has 1 atom stereocenters. The van der Waals surface area contributed by atoms with Gasteiger partial charge in [0.1, 0.15) is 5.82 Å². The molecule has 5 heteroatoms. The molecule has 0 saturated carbocycles. The van der Waals surface area contributed by atoms with Crippen molar-refractivity contribution in [3.63, 3.8) is 0 Å². The molecule has 0 aliphatic heterocycles.